The lowest BCUT2D eigenvalue weighted by atomic mass is 10.1. The van der Waals surface area contributed by atoms with Crippen LogP contribution >= 0.6 is 0 Å². The molecule has 26 heavy (non-hydrogen) atoms. The summed E-state index contributed by atoms with van der Waals surface area (Å²) >= 11 is 0. The van der Waals surface area contributed by atoms with E-state index in [1.807, 2.05) is 0 Å². The van der Waals surface area contributed by atoms with Crippen molar-refractivity contribution >= 4 is 11.6 Å². The number of rotatable bonds is 5. The van der Waals surface area contributed by atoms with Crippen molar-refractivity contribution in [3.63, 3.8) is 0 Å². The Hall–Kier alpha value is -2.77. The van der Waals surface area contributed by atoms with Crippen molar-refractivity contribution in [3.8, 4) is 0 Å². The van der Waals surface area contributed by atoms with Gasteiger partial charge in [0, 0.05) is 59.9 Å². The molecule has 0 bridgehead atoms. The summed E-state index contributed by atoms with van der Waals surface area (Å²) in [5.41, 5.74) is 18.6. The van der Waals surface area contributed by atoms with Gasteiger partial charge in [0.1, 0.15) is 0 Å². The number of ether oxygens (including phenoxy) is 1. The van der Waals surface area contributed by atoms with Gasteiger partial charge >= 0.3 is 0 Å². The molecule has 1 aromatic rings. The number of carbonyl (C=O) groups excluding carboxylic acids is 1. The molecule has 3 rings (SSSR count). The zero-order valence-electron chi connectivity index (χ0n) is 14.4. The minimum atomic E-state index is -0.107. The van der Waals surface area contributed by atoms with Gasteiger partial charge in [-0.3, -0.25) is 9.69 Å². The maximum atomic E-state index is 12.9. The van der Waals surface area contributed by atoms with Crippen LogP contribution in [-0.2, 0) is 11.3 Å². The highest BCUT2D eigenvalue weighted by atomic mass is 16.5. The summed E-state index contributed by atoms with van der Waals surface area (Å²) in [5, 5.41) is 7.09. The third-order valence-corrected chi connectivity index (χ3v) is 4.72. The lowest BCUT2D eigenvalue weighted by Gasteiger charge is -2.37. The minimum Gasteiger partial charge on any atom is -0.380 e. The highest BCUT2D eigenvalue weighted by molar-refractivity contribution is 5.95. The molecule has 10 heteroatoms. The van der Waals surface area contributed by atoms with Gasteiger partial charge in [-0.1, -0.05) is 10.2 Å². The Balaban J connectivity index is 1.71. The quantitative estimate of drug-likeness (QED) is 0.456. The largest absolute Gasteiger partial charge is 0.380 e. The second-order valence-electron chi connectivity index (χ2n) is 6.31. The lowest BCUT2D eigenvalue weighted by molar-refractivity contribution is 0.0549. The maximum absolute atomic E-state index is 12.9. The van der Waals surface area contributed by atoms with E-state index in [1.165, 1.54) is 0 Å². The molecule has 0 aromatic heterocycles. The molecular weight excluding hydrogens is 336 g/mol. The monoisotopic (exact) mass is 356 g/mol. The van der Waals surface area contributed by atoms with Gasteiger partial charge in [0.25, 0.3) is 5.91 Å². The maximum Gasteiger partial charge on any atom is 0.253 e. The highest BCUT2D eigenvalue weighted by Crippen LogP contribution is 2.22. The first-order valence-electron chi connectivity index (χ1n) is 8.52. The van der Waals surface area contributed by atoms with Crippen molar-refractivity contribution in [2.75, 3.05) is 39.4 Å². The van der Waals surface area contributed by atoms with E-state index in [0.29, 0.717) is 35.9 Å². The van der Waals surface area contributed by atoms with Crippen molar-refractivity contribution in [3.05, 3.63) is 50.2 Å². The van der Waals surface area contributed by atoms with Gasteiger partial charge in [0.2, 0.25) is 0 Å². The Morgan fingerprint density at radius 1 is 1.19 bits per heavy atom. The fourth-order valence-corrected chi connectivity index (χ4v) is 3.39. The van der Waals surface area contributed by atoms with E-state index in [0.717, 1.165) is 32.7 Å². The van der Waals surface area contributed by atoms with Crippen molar-refractivity contribution in [1.29, 1.82) is 0 Å². The molecule has 2 fully saturated rings. The topological polar surface area (TPSA) is 130 Å². The van der Waals surface area contributed by atoms with Crippen LogP contribution in [0.1, 0.15) is 22.3 Å². The Morgan fingerprint density at radius 3 is 2.65 bits per heavy atom. The predicted molar refractivity (Wildman–Crippen MR) is 94.8 cm³/mol. The first kappa shape index (κ1) is 18.0. The summed E-state index contributed by atoms with van der Waals surface area (Å²) in [5.74, 6) is -0.107. The summed E-state index contributed by atoms with van der Waals surface area (Å²) in [4.78, 5) is 22.5. The number of amides is 1. The summed E-state index contributed by atoms with van der Waals surface area (Å²) in [6.45, 7) is 4.61. The Morgan fingerprint density at radius 2 is 2.00 bits per heavy atom. The standard InChI is InChI=1S/C16H20N8O2/c17-21-19-10-12-7-13(9-14(8-12)20-22-18)16(25)24-4-2-23(3-5-24)15-1-6-26-11-15/h7-9,15H,1-6,10-11H2. The normalized spacial score (nSPS) is 20.3. The van der Waals surface area contributed by atoms with E-state index in [-0.39, 0.29) is 12.5 Å². The van der Waals surface area contributed by atoms with Gasteiger partial charge in [-0.25, -0.2) is 0 Å². The first-order chi connectivity index (χ1) is 12.7. The second-order valence-corrected chi connectivity index (χ2v) is 6.31. The molecule has 2 aliphatic rings. The predicted octanol–water partition coefficient (Wildman–Crippen LogP) is 2.99. The molecule has 0 N–H and O–H groups in total. The van der Waals surface area contributed by atoms with Gasteiger partial charge < -0.3 is 9.64 Å². The highest BCUT2D eigenvalue weighted by Gasteiger charge is 2.28. The fourth-order valence-electron chi connectivity index (χ4n) is 3.39. The van der Waals surface area contributed by atoms with E-state index in [9.17, 15) is 4.79 Å². The van der Waals surface area contributed by atoms with E-state index in [2.05, 4.69) is 25.0 Å². The average Bonchev–Trinajstić information content (AvgIpc) is 3.21. The Kier molecular flexibility index (Phi) is 5.93. The third kappa shape index (κ3) is 4.25. The molecule has 1 amide bonds. The first-order valence-corrected chi connectivity index (χ1v) is 8.52. The molecule has 2 heterocycles. The lowest BCUT2D eigenvalue weighted by Crippen LogP contribution is -2.52. The number of carbonyl (C=O) groups is 1. The molecule has 2 aliphatic heterocycles. The molecule has 136 valence electrons. The van der Waals surface area contributed by atoms with E-state index in [1.54, 1.807) is 23.1 Å². The van der Waals surface area contributed by atoms with Crippen LogP contribution in [-0.4, -0.2) is 61.1 Å². The van der Waals surface area contributed by atoms with Gasteiger partial charge in [-0.05, 0) is 41.2 Å². The van der Waals surface area contributed by atoms with Gasteiger partial charge in [0.15, 0.2) is 0 Å². The van der Waals surface area contributed by atoms with Crippen LogP contribution in [0.15, 0.2) is 28.4 Å². The van der Waals surface area contributed by atoms with E-state index >= 15 is 0 Å². The smallest absolute Gasteiger partial charge is 0.253 e. The van der Waals surface area contributed by atoms with Gasteiger partial charge in [-0.15, -0.1) is 0 Å². The van der Waals surface area contributed by atoms with Crippen LogP contribution in [0, 0.1) is 0 Å². The van der Waals surface area contributed by atoms with Gasteiger partial charge in [-0.2, -0.15) is 0 Å². The Labute approximate surface area is 150 Å². The molecule has 0 aliphatic carbocycles. The zero-order valence-corrected chi connectivity index (χ0v) is 14.4. The molecule has 0 radical (unpaired) electrons. The van der Waals surface area contributed by atoms with Crippen molar-refractivity contribution in [2.45, 2.75) is 19.0 Å². The number of hydrogen-bond acceptors (Lipinski definition) is 5. The van der Waals surface area contributed by atoms with Crippen molar-refractivity contribution < 1.29 is 9.53 Å². The molecular formula is C16H20N8O2. The summed E-state index contributed by atoms with van der Waals surface area (Å²) < 4.78 is 5.44. The second kappa shape index (κ2) is 8.55. The summed E-state index contributed by atoms with van der Waals surface area (Å²) in [6.07, 6.45) is 1.05. The van der Waals surface area contributed by atoms with Crippen molar-refractivity contribution in [2.24, 2.45) is 10.2 Å². The summed E-state index contributed by atoms with van der Waals surface area (Å²) in [6, 6.07) is 5.32. The minimum absolute atomic E-state index is 0.0982. The van der Waals surface area contributed by atoms with Crippen LogP contribution in [0.4, 0.5) is 5.69 Å². The number of piperazine rings is 1. The average molecular weight is 356 g/mol. The van der Waals surface area contributed by atoms with Crippen LogP contribution in [0.3, 0.4) is 0 Å². The van der Waals surface area contributed by atoms with E-state index in [4.69, 9.17) is 15.8 Å². The van der Waals surface area contributed by atoms with Crippen LogP contribution < -0.4 is 0 Å². The molecule has 0 saturated carbocycles. The number of azide groups is 2. The third-order valence-electron chi connectivity index (χ3n) is 4.72. The fraction of sp³-hybridized carbons (Fsp3) is 0.562. The van der Waals surface area contributed by atoms with Gasteiger partial charge in [0.05, 0.1) is 13.2 Å². The zero-order chi connectivity index (χ0) is 18.4. The van der Waals surface area contributed by atoms with E-state index < -0.39 is 0 Å². The van der Waals surface area contributed by atoms with Crippen LogP contribution in [0.25, 0.3) is 20.9 Å². The molecule has 10 nitrogen and oxygen atoms in total. The Bertz CT molecular complexity index is 756. The molecule has 1 unspecified atom stereocenters. The molecule has 2 saturated heterocycles. The SMILES string of the molecule is [N-]=[N+]=NCc1cc(N=[N+]=[N-])cc(C(=O)N2CCN(C3CCOC3)CC2)c1. The number of benzene rings is 1. The molecule has 0 spiro atoms. The summed E-state index contributed by atoms with van der Waals surface area (Å²) in [7, 11) is 0. The van der Waals surface area contributed by atoms with Crippen LogP contribution in [0.5, 0.6) is 0 Å². The molecule has 1 atom stereocenters. The van der Waals surface area contributed by atoms with Crippen LogP contribution in [0.2, 0.25) is 0 Å². The van der Waals surface area contributed by atoms with Crippen molar-refractivity contribution in [1.82, 2.24) is 9.80 Å². The number of hydrogen-bond donors (Lipinski definition) is 0. The molecule has 1 aromatic carbocycles. The number of nitrogens with zero attached hydrogens (tertiary/aromatic N) is 8.